The maximum absolute atomic E-state index is 12.5. The summed E-state index contributed by atoms with van der Waals surface area (Å²) in [7, 11) is 0. The van der Waals surface area contributed by atoms with Gasteiger partial charge in [-0.15, -0.1) is 0 Å². The highest BCUT2D eigenvalue weighted by molar-refractivity contribution is 5.94. The molecule has 174 valence electrons. The summed E-state index contributed by atoms with van der Waals surface area (Å²) in [5.41, 5.74) is 2.22. The van der Waals surface area contributed by atoms with Gasteiger partial charge in [0.25, 0.3) is 5.91 Å². The van der Waals surface area contributed by atoms with E-state index in [1.165, 1.54) is 0 Å². The number of likely N-dealkylation sites (N-methyl/N-ethyl adjacent to an activating group) is 1. The molecule has 1 aromatic heterocycles. The Morgan fingerprint density at radius 1 is 1.03 bits per heavy atom. The van der Waals surface area contributed by atoms with E-state index < -0.39 is 0 Å². The molecular weight excluding hydrogens is 416 g/mol. The molecule has 7 heteroatoms. The number of aromatic nitrogens is 1. The van der Waals surface area contributed by atoms with Crippen molar-refractivity contribution in [1.29, 1.82) is 0 Å². The Kier molecular flexibility index (Phi) is 7.75. The van der Waals surface area contributed by atoms with Crippen LogP contribution in [0.5, 0.6) is 5.75 Å². The molecular formula is C26H32N4O3. The largest absolute Gasteiger partial charge is 0.487 e. The van der Waals surface area contributed by atoms with Gasteiger partial charge < -0.3 is 19.4 Å². The Balaban J connectivity index is 1.27. The second kappa shape index (κ2) is 11.1. The first kappa shape index (κ1) is 23.0. The van der Waals surface area contributed by atoms with Gasteiger partial charge in [0, 0.05) is 50.4 Å². The molecule has 1 aliphatic rings. The van der Waals surface area contributed by atoms with Crippen LogP contribution in [-0.4, -0.2) is 66.5 Å². The molecule has 0 radical (unpaired) electrons. The lowest BCUT2D eigenvalue weighted by Gasteiger charge is -2.33. The summed E-state index contributed by atoms with van der Waals surface area (Å²) >= 11 is 0. The van der Waals surface area contributed by atoms with Crippen molar-refractivity contribution in [2.24, 2.45) is 0 Å². The summed E-state index contributed by atoms with van der Waals surface area (Å²) in [5.74, 6) is 1.98. The van der Waals surface area contributed by atoms with Crippen molar-refractivity contribution in [3.63, 3.8) is 0 Å². The minimum Gasteiger partial charge on any atom is -0.487 e. The number of rotatable bonds is 9. The van der Waals surface area contributed by atoms with Gasteiger partial charge in [0.1, 0.15) is 23.8 Å². The standard InChI is InChI=1S/C26H32N4O3/c1-3-29-15-17-30(18-16-29)14-13-27-25(31)21-9-11-22(12-10-21)26-28-24(20(2)33-26)19-32-23-7-5-4-6-8-23/h4-12H,3,13-19H2,1-2H3,(H,27,31). The molecule has 1 aliphatic heterocycles. The van der Waals surface area contributed by atoms with Gasteiger partial charge in [-0.3, -0.25) is 9.69 Å². The molecule has 0 aliphatic carbocycles. The zero-order chi connectivity index (χ0) is 23.0. The third-order valence-electron chi connectivity index (χ3n) is 6.03. The fourth-order valence-corrected chi connectivity index (χ4v) is 3.88. The van der Waals surface area contributed by atoms with Gasteiger partial charge in [0.05, 0.1) is 0 Å². The van der Waals surface area contributed by atoms with Gasteiger partial charge in [0.15, 0.2) is 0 Å². The summed E-state index contributed by atoms with van der Waals surface area (Å²) in [5, 5.41) is 3.03. The van der Waals surface area contributed by atoms with E-state index in [9.17, 15) is 4.79 Å². The molecule has 0 saturated carbocycles. The van der Waals surface area contributed by atoms with Gasteiger partial charge in [-0.05, 0) is 49.9 Å². The lowest BCUT2D eigenvalue weighted by molar-refractivity contribution is 0.0938. The van der Waals surface area contributed by atoms with Gasteiger partial charge in [-0.1, -0.05) is 25.1 Å². The molecule has 4 rings (SSSR count). The van der Waals surface area contributed by atoms with E-state index in [0.29, 0.717) is 24.6 Å². The van der Waals surface area contributed by atoms with Crippen LogP contribution in [0.3, 0.4) is 0 Å². The summed E-state index contributed by atoms with van der Waals surface area (Å²) in [6.07, 6.45) is 0. The number of oxazole rings is 1. The van der Waals surface area contributed by atoms with E-state index in [2.05, 4.69) is 27.0 Å². The number of ether oxygens (including phenoxy) is 1. The van der Waals surface area contributed by atoms with Crippen molar-refractivity contribution in [3.8, 4) is 17.2 Å². The number of hydrogen-bond donors (Lipinski definition) is 1. The Bertz CT molecular complexity index is 1030. The second-order valence-electron chi connectivity index (χ2n) is 8.23. The first-order chi connectivity index (χ1) is 16.1. The molecule has 2 heterocycles. The van der Waals surface area contributed by atoms with Gasteiger partial charge in [0.2, 0.25) is 5.89 Å². The highest BCUT2D eigenvalue weighted by Gasteiger charge is 2.16. The predicted octanol–water partition coefficient (Wildman–Crippen LogP) is 3.60. The minimum absolute atomic E-state index is 0.0609. The monoisotopic (exact) mass is 448 g/mol. The van der Waals surface area contributed by atoms with Crippen LogP contribution in [0.2, 0.25) is 0 Å². The smallest absolute Gasteiger partial charge is 0.251 e. The maximum Gasteiger partial charge on any atom is 0.251 e. The predicted molar refractivity (Wildman–Crippen MR) is 128 cm³/mol. The quantitative estimate of drug-likeness (QED) is 0.539. The highest BCUT2D eigenvalue weighted by Crippen LogP contribution is 2.23. The number of aryl methyl sites for hydroxylation is 1. The zero-order valence-electron chi connectivity index (χ0n) is 19.4. The molecule has 0 atom stereocenters. The average molecular weight is 449 g/mol. The number of para-hydroxylation sites is 1. The summed E-state index contributed by atoms with van der Waals surface area (Å²) < 4.78 is 11.6. The van der Waals surface area contributed by atoms with E-state index >= 15 is 0 Å². The molecule has 1 amide bonds. The van der Waals surface area contributed by atoms with Crippen LogP contribution in [0.4, 0.5) is 0 Å². The number of piperazine rings is 1. The first-order valence-corrected chi connectivity index (χ1v) is 11.6. The third kappa shape index (κ3) is 6.21. The van der Waals surface area contributed by atoms with Gasteiger partial charge in [-0.2, -0.15) is 0 Å². The number of carbonyl (C=O) groups is 1. The Hall–Kier alpha value is -3.16. The van der Waals surface area contributed by atoms with Crippen molar-refractivity contribution in [1.82, 2.24) is 20.1 Å². The SMILES string of the molecule is CCN1CCN(CCNC(=O)c2ccc(-c3nc(COc4ccccc4)c(C)o3)cc2)CC1. The Morgan fingerprint density at radius 3 is 2.42 bits per heavy atom. The first-order valence-electron chi connectivity index (χ1n) is 11.6. The van der Waals surface area contributed by atoms with Crippen molar-refractivity contribution in [2.45, 2.75) is 20.5 Å². The van der Waals surface area contributed by atoms with Crippen LogP contribution in [-0.2, 0) is 6.61 Å². The Morgan fingerprint density at radius 2 is 1.73 bits per heavy atom. The van der Waals surface area contributed by atoms with Gasteiger partial charge in [-0.25, -0.2) is 4.98 Å². The number of nitrogens with zero attached hydrogens (tertiary/aromatic N) is 3. The topological polar surface area (TPSA) is 70.8 Å². The van der Waals surface area contributed by atoms with Crippen LogP contribution in [0.1, 0.15) is 28.7 Å². The molecule has 3 aromatic rings. The molecule has 2 aromatic carbocycles. The molecule has 1 N–H and O–H groups in total. The number of carbonyl (C=O) groups excluding carboxylic acids is 1. The molecule has 1 fully saturated rings. The van der Waals surface area contributed by atoms with Gasteiger partial charge >= 0.3 is 0 Å². The second-order valence-corrected chi connectivity index (χ2v) is 8.23. The number of nitrogens with one attached hydrogen (secondary N) is 1. The lowest BCUT2D eigenvalue weighted by atomic mass is 10.1. The minimum atomic E-state index is -0.0609. The lowest BCUT2D eigenvalue weighted by Crippen LogP contribution is -2.48. The normalized spacial score (nSPS) is 14.8. The van der Waals surface area contributed by atoms with Crippen LogP contribution in [0.25, 0.3) is 11.5 Å². The van der Waals surface area contributed by atoms with Crippen LogP contribution < -0.4 is 10.1 Å². The maximum atomic E-state index is 12.5. The van der Waals surface area contributed by atoms with Crippen molar-refractivity contribution in [3.05, 3.63) is 71.6 Å². The molecule has 33 heavy (non-hydrogen) atoms. The fraction of sp³-hybridized carbons (Fsp3) is 0.385. The third-order valence-corrected chi connectivity index (χ3v) is 6.03. The zero-order valence-corrected chi connectivity index (χ0v) is 19.4. The van der Waals surface area contributed by atoms with E-state index in [-0.39, 0.29) is 5.91 Å². The summed E-state index contributed by atoms with van der Waals surface area (Å²) in [6.45, 7) is 11.4. The number of amides is 1. The Labute approximate surface area is 195 Å². The van der Waals surface area contributed by atoms with E-state index in [0.717, 1.165) is 62.0 Å². The molecule has 0 bridgehead atoms. The molecule has 0 unspecified atom stereocenters. The van der Waals surface area contributed by atoms with Crippen molar-refractivity contribution in [2.75, 3.05) is 45.8 Å². The summed E-state index contributed by atoms with van der Waals surface area (Å²) in [6, 6.07) is 17.0. The molecule has 1 saturated heterocycles. The van der Waals surface area contributed by atoms with Crippen molar-refractivity contribution >= 4 is 5.91 Å². The van der Waals surface area contributed by atoms with E-state index in [1.54, 1.807) is 0 Å². The molecule has 0 spiro atoms. The van der Waals surface area contributed by atoms with Crippen molar-refractivity contribution < 1.29 is 13.9 Å². The number of benzene rings is 2. The van der Waals surface area contributed by atoms with Crippen LogP contribution >= 0.6 is 0 Å². The fourth-order valence-electron chi connectivity index (χ4n) is 3.88. The average Bonchev–Trinajstić information content (AvgIpc) is 3.24. The summed E-state index contributed by atoms with van der Waals surface area (Å²) in [4.78, 5) is 22.0. The highest BCUT2D eigenvalue weighted by atomic mass is 16.5. The number of hydrogen-bond acceptors (Lipinski definition) is 6. The van der Waals surface area contributed by atoms with Crippen LogP contribution in [0, 0.1) is 6.92 Å². The van der Waals surface area contributed by atoms with E-state index in [4.69, 9.17) is 9.15 Å². The van der Waals surface area contributed by atoms with Crippen LogP contribution in [0.15, 0.2) is 59.0 Å². The molecule has 7 nitrogen and oxygen atoms in total. The van der Waals surface area contributed by atoms with E-state index in [1.807, 2.05) is 61.5 Å².